The second-order valence-electron chi connectivity index (χ2n) is 8.15. The molecule has 0 aliphatic rings. The minimum absolute atomic E-state index is 0.0518. The third kappa shape index (κ3) is 5.74. The molecule has 0 saturated carbocycles. The molecular formula is C27H28ClN3O2. The largest absolute Gasteiger partial charge is 0.491 e. The smallest absolute Gasteiger partial charge is 0.224 e. The van der Waals surface area contributed by atoms with Crippen LogP contribution in [0.1, 0.15) is 22.5 Å². The molecule has 0 radical (unpaired) electrons. The van der Waals surface area contributed by atoms with E-state index in [9.17, 15) is 4.79 Å². The summed E-state index contributed by atoms with van der Waals surface area (Å²) >= 11 is 6.17. The fraction of sp³-hybridized carbons (Fsp3) is 0.259. The molecule has 0 bridgehead atoms. The normalized spacial score (nSPS) is 11.0. The molecule has 6 heteroatoms. The maximum atomic E-state index is 12.4. The molecule has 0 aliphatic heterocycles. The van der Waals surface area contributed by atoms with Gasteiger partial charge in [0.05, 0.1) is 24.0 Å². The van der Waals surface area contributed by atoms with E-state index in [0.717, 1.165) is 33.7 Å². The van der Waals surface area contributed by atoms with Crippen LogP contribution in [0.15, 0.2) is 66.7 Å². The molecule has 1 heterocycles. The number of carbonyl (C=O) groups is 1. The Morgan fingerprint density at radius 1 is 1.06 bits per heavy atom. The zero-order valence-electron chi connectivity index (χ0n) is 19.0. The lowest BCUT2D eigenvalue weighted by Crippen LogP contribution is -2.28. The highest BCUT2D eigenvalue weighted by atomic mass is 35.5. The Morgan fingerprint density at radius 3 is 2.70 bits per heavy atom. The van der Waals surface area contributed by atoms with Crippen molar-refractivity contribution < 1.29 is 9.53 Å². The average Bonchev–Trinajstić information content (AvgIpc) is 3.15. The number of hydrogen-bond acceptors (Lipinski definition) is 3. The van der Waals surface area contributed by atoms with Crippen molar-refractivity contribution in [3.63, 3.8) is 0 Å². The summed E-state index contributed by atoms with van der Waals surface area (Å²) in [6.07, 6.45) is 0.895. The monoisotopic (exact) mass is 461 g/mol. The molecule has 0 unspecified atom stereocenters. The lowest BCUT2D eigenvalue weighted by atomic mass is 10.1. The Morgan fingerprint density at radius 2 is 1.85 bits per heavy atom. The number of nitrogens with one attached hydrogen (secondary N) is 1. The fourth-order valence-electron chi connectivity index (χ4n) is 3.87. The van der Waals surface area contributed by atoms with Crippen LogP contribution in [0, 0.1) is 13.8 Å². The molecule has 0 saturated heterocycles. The number of para-hydroxylation sites is 2. The fourth-order valence-corrected chi connectivity index (χ4v) is 4.07. The number of hydrogen-bond donors (Lipinski definition) is 1. The first-order valence-corrected chi connectivity index (χ1v) is 11.5. The Hall–Kier alpha value is -3.31. The zero-order chi connectivity index (χ0) is 23.2. The van der Waals surface area contributed by atoms with Crippen molar-refractivity contribution in [3.05, 3.63) is 94.3 Å². The van der Waals surface area contributed by atoms with Crippen molar-refractivity contribution >= 4 is 28.5 Å². The average molecular weight is 462 g/mol. The first-order valence-electron chi connectivity index (χ1n) is 11.2. The number of ether oxygens (including phenoxy) is 1. The standard InChI is InChI=1S/C27H28ClN3O2/c1-19-11-12-20(2)25(17-19)33-16-15-31-24-10-6-5-9-23(24)30-26(31)13-14-29-27(32)18-21-7-3-4-8-22(21)28/h3-12,17H,13-16,18H2,1-2H3,(H,29,32). The molecule has 0 atom stereocenters. The van der Waals surface area contributed by atoms with E-state index in [1.807, 2.05) is 36.4 Å². The van der Waals surface area contributed by atoms with Gasteiger partial charge in [-0.1, -0.05) is 54.1 Å². The topological polar surface area (TPSA) is 56.1 Å². The van der Waals surface area contributed by atoms with E-state index in [2.05, 4.69) is 48.0 Å². The van der Waals surface area contributed by atoms with E-state index < -0.39 is 0 Å². The minimum Gasteiger partial charge on any atom is -0.491 e. The van der Waals surface area contributed by atoms with Crippen molar-refractivity contribution in [2.45, 2.75) is 33.2 Å². The molecule has 0 spiro atoms. The third-order valence-electron chi connectivity index (χ3n) is 5.63. The molecular weight excluding hydrogens is 434 g/mol. The number of amides is 1. The van der Waals surface area contributed by atoms with Gasteiger partial charge in [-0.3, -0.25) is 4.79 Å². The number of imidazole rings is 1. The Bertz CT molecular complexity index is 1270. The molecule has 0 aliphatic carbocycles. The van der Waals surface area contributed by atoms with Gasteiger partial charge in [-0.15, -0.1) is 0 Å². The summed E-state index contributed by atoms with van der Waals surface area (Å²) in [6.45, 7) is 5.84. The highest BCUT2D eigenvalue weighted by Crippen LogP contribution is 2.21. The number of fused-ring (bicyclic) bond motifs is 1. The predicted molar refractivity (Wildman–Crippen MR) is 133 cm³/mol. The summed E-state index contributed by atoms with van der Waals surface area (Å²) in [5, 5.41) is 3.60. The molecule has 5 nitrogen and oxygen atoms in total. The van der Waals surface area contributed by atoms with Crippen LogP contribution in [0.4, 0.5) is 0 Å². The van der Waals surface area contributed by atoms with Crippen LogP contribution in [-0.4, -0.2) is 28.6 Å². The zero-order valence-corrected chi connectivity index (χ0v) is 19.7. The number of halogens is 1. The number of aromatic nitrogens is 2. The van der Waals surface area contributed by atoms with Crippen molar-refractivity contribution in [1.29, 1.82) is 0 Å². The minimum atomic E-state index is -0.0518. The van der Waals surface area contributed by atoms with Gasteiger partial charge in [0, 0.05) is 18.0 Å². The van der Waals surface area contributed by atoms with Gasteiger partial charge in [-0.25, -0.2) is 4.98 Å². The van der Waals surface area contributed by atoms with Gasteiger partial charge in [0.25, 0.3) is 0 Å². The van der Waals surface area contributed by atoms with E-state index in [1.54, 1.807) is 6.07 Å². The van der Waals surface area contributed by atoms with Crippen LogP contribution in [0.3, 0.4) is 0 Å². The van der Waals surface area contributed by atoms with Crippen molar-refractivity contribution in [3.8, 4) is 5.75 Å². The number of benzene rings is 3. The SMILES string of the molecule is Cc1ccc(C)c(OCCn2c(CCNC(=O)Cc3ccccc3Cl)nc3ccccc32)c1. The van der Waals surface area contributed by atoms with E-state index in [0.29, 0.717) is 31.1 Å². The molecule has 1 aromatic heterocycles. The van der Waals surface area contributed by atoms with Crippen LogP contribution in [0.25, 0.3) is 11.0 Å². The van der Waals surface area contributed by atoms with Gasteiger partial charge in [-0.05, 0) is 54.8 Å². The Kier molecular flexibility index (Phi) is 7.30. The van der Waals surface area contributed by atoms with Crippen molar-refractivity contribution in [1.82, 2.24) is 14.9 Å². The van der Waals surface area contributed by atoms with E-state index in [1.165, 1.54) is 5.56 Å². The molecule has 33 heavy (non-hydrogen) atoms. The maximum Gasteiger partial charge on any atom is 0.224 e. The highest BCUT2D eigenvalue weighted by Gasteiger charge is 2.12. The lowest BCUT2D eigenvalue weighted by molar-refractivity contribution is -0.120. The number of carbonyl (C=O) groups excluding carboxylic acids is 1. The van der Waals surface area contributed by atoms with Crippen LogP contribution < -0.4 is 10.1 Å². The highest BCUT2D eigenvalue weighted by molar-refractivity contribution is 6.31. The van der Waals surface area contributed by atoms with Gasteiger partial charge in [0.15, 0.2) is 0 Å². The van der Waals surface area contributed by atoms with E-state index in [-0.39, 0.29) is 12.3 Å². The van der Waals surface area contributed by atoms with Crippen LogP contribution >= 0.6 is 11.6 Å². The summed E-state index contributed by atoms with van der Waals surface area (Å²) in [5.41, 5.74) is 5.14. The van der Waals surface area contributed by atoms with Crippen LogP contribution in [0.5, 0.6) is 5.75 Å². The number of nitrogens with zero attached hydrogens (tertiary/aromatic N) is 2. The van der Waals surface area contributed by atoms with Gasteiger partial charge in [0.2, 0.25) is 5.91 Å². The van der Waals surface area contributed by atoms with Crippen molar-refractivity contribution in [2.75, 3.05) is 13.2 Å². The van der Waals surface area contributed by atoms with Crippen molar-refractivity contribution in [2.24, 2.45) is 0 Å². The molecule has 0 fully saturated rings. The summed E-state index contributed by atoms with van der Waals surface area (Å²) in [6, 6.07) is 21.7. The quantitative estimate of drug-likeness (QED) is 0.368. The Balaban J connectivity index is 1.40. The summed E-state index contributed by atoms with van der Waals surface area (Å²) in [7, 11) is 0. The number of rotatable bonds is 9. The summed E-state index contributed by atoms with van der Waals surface area (Å²) < 4.78 is 8.27. The van der Waals surface area contributed by atoms with Crippen LogP contribution in [-0.2, 0) is 24.2 Å². The van der Waals surface area contributed by atoms with E-state index >= 15 is 0 Å². The van der Waals surface area contributed by atoms with Gasteiger partial charge >= 0.3 is 0 Å². The molecule has 1 N–H and O–H groups in total. The summed E-state index contributed by atoms with van der Waals surface area (Å²) in [5.74, 6) is 1.79. The molecule has 4 aromatic rings. The molecule has 4 rings (SSSR count). The summed E-state index contributed by atoms with van der Waals surface area (Å²) in [4.78, 5) is 17.2. The van der Waals surface area contributed by atoms with Gasteiger partial charge < -0.3 is 14.6 Å². The molecule has 1 amide bonds. The third-order valence-corrected chi connectivity index (χ3v) is 6.00. The van der Waals surface area contributed by atoms with Gasteiger partial charge in [0.1, 0.15) is 18.2 Å². The predicted octanol–water partition coefficient (Wildman–Crippen LogP) is 5.29. The first-order chi connectivity index (χ1) is 16.0. The molecule has 170 valence electrons. The number of aryl methyl sites for hydroxylation is 2. The maximum absolute atomic E-state index is 12.4. The van der Waals surface area contributed by atoms with Gasteiger partial charge in [-0.2, -0.15) is 0 Å². The molecule has 3 aromatic carbocycles. The lowest BCUT2D eigenvalue weighted by Gasteiger charge is -2.13. The Labute approximate surface area is 199 Å². The second kappa shape index (κ2) is 10.5. The van der Waals surface area contributed by atoms with E-state index in [4.69, 9.17) is 21.3 Å². The van der Waals surface area contributed by atoms with Crippen LogP contribution in [0.2, 0.25) is 5.02 Å². The second-order valence-corrected chi connectivity index (χ2v) is 8.56. The first kappa shape index (κ1) is 22.9.